The molecule has 0 spiro atoms. The Labute approximate surface area is 244 Å². The molecule has 2 aromatic carbocycles. The zero-order valence-corrected chi connectivity index (χ0v) is 24.9. The van der Waals surface area contributed by atoms with Gasteiger partial charge < -0.3 is 35.1 Å². The van der Waals surface area contributed by atoms with E-state index < -0.39 is 0 Å². The lowest BCUT2D eigenvalue weighted by molar-refractivity contribution is 0.0650. The molecule has 0 bridgehead atoms. The van der Waals surface area contributed by atoms with Crippen LogP contribution in [0, 0.1) is 17.8 Å². The monoisotopic (exact) mass is 566 g/mol. The number of nitrogens with one attached hydrogen (secondary N) is 3. The highest BCUT2D eigenvalue weighted by Crippen LogP contribution is 2.39. The van der Waals surface area contributed by atoms with Crippen LogP contribution in [0.2, 0.25) is 0 Å². The van der Waals surface area contributed by atoms with E-state index in [-0.39, 0.29) is 35.9 Å². The molecule has 1 aliphatic carbocycles. The summed E-state index contributed by atoms with van der Waals surface area (Å²) in [7, 11) is 3.26. The van der Waals surface area contributed by atoms with Crippen LogP contribution in [0.25, 0.3) is 0 Å². The van der Waals surface area contributed by atoms with Gasteiger partial charge in [-0.1, -0.05) is 30.3 Å². The number of nitrogens with zero attached hydrogens (tertiary/aromatic N) is 1. The summed E-state index contributed by atoms with van der Waals surface area (Å²) >= 11 is 0. The summed E-state index contributed by atoms with van der Waals surface area (Å²) in [4.78, 5) is 28.7. The number of carbonyl (C=O) groups excluding carboxylic acids is 2. The van der Waals surface area contributed by atoms with Gasteiger partial charge in [-0.3, -0.25) is 4.79 Å². The molecule has 224 valence electrons. The van der Waals surface area contributed by atoms with Crippen molar-refractivity contribution in [1.82, 2.24) is 20.9 Å². The first-order valence-corrected chi connectivity index (χ1v) is 14.8. The van der Waals surface area contributed by atoms with Crippen LogP contribution < -0.4 is 25.4 Å². The van der Waals surface area contributed by atoms with Crippen molar-refractivity contribution < 1.29 is 23.8 Å². The summed E-state index contributed by atoms with van der Waals surface area (Å²) in [5, 5.41) is 9.86. The van der Waals surface area contributed by atoms with E-state index in [9.17, 15) is 9.59 Å². The second-order valence-electron chi connectivity index (χ2n) is 11.4. The van der Waals surface area contributed by atoms with Crippen molar-refractivity contribution in [2.45, 2.75) is 51.7 Å². The van der Waals surface area contributed by atoms with Crippen molar-refractivity contribution in [3.63, 3.8) is 0 Å². The molecule has 3 amide bonds. The lowest BCUT2D eigenvalue weighted by Gasteiger charge is -2.34. The fourth-order valence-electron chi connectivity index (χ4n) is 5.64. The molecule has 1 saturated heterocycles. The molecule has 9 heteroatoms. The van der Waals surface area contributed by atoms with Crippen LogP contribution in [-0.2, 0) is 11.3 Å². The first-order valence-electron chi connectivity index (χ1n) is 14.8. The number of carbonyl (C=O) groups is 2. The number of methoxy groups -OCH3 is 2. The zero-order chi connectivity index (χ0) is 29.2. The Morgan fingerprint density at radius 1 is 1.02 bits per heavy atom. The Balaban J connectivity index is 1.42. The van der Waals surface area contributed by atoms with Crippen molar-refractivity contribution in [3.05, 3.63) is 59.7 Å². The van der Waals surface area contributed by atoms with Gasteiger partial charge in [0.1, 0.15) is 0 Å². The standard InChI is InChI=1S/C32H46N4O5/c1-22(2)36(31(37)25-13-14-28(40-4)29(17-25)41-16-8-15-39-3)21-26-19-33-20-27(26)30(24-11-12-24)35-32(38)34-18-23-9-6-5-7-10-23/h5-7,9-10,13-14,17,22,24,26-27,30,33H,8,11-12,15-16,18-21H2,1-4H3,(H2,34,35,38)/t26-,27+,30?/m0/s1. The van der Waals surface area contributed by atoms with E-state index in [4.69, 9.17) is 14.2 Å². The largest absolute Gasteiger partial charge is 0.493 e. The minimum atomic E-state index is -0.135. The molecule has 2 fully saturated rings. The maximum Gasteiger partial charge on any atom is 0.315 e. The summed E-state index contributed by atoms with van der Waals surface area (Å²) in [6, 6.07) is 15.2. The van der Waals surface area contributed by atoms with E-state index in [2.05, 4.69) is 29.8 Å². The second kappa shape index (κ2) is 15.1. The number of hydrogen-bond acceptors (Lipinski definition) is 6. The molecule has 2 aliphatic rings. The zero-order valence-electron chi connectivity index (χ0n) is 24.9. The van der Waals surface area contributed by atoms with Gasteiger partial charge in [0, 0.05) is 64.0 Å². The molecular formula is C32H46N4O5. The number of ether oxygens (including phenoxy) is 3. The van der Waals surface area contributed by atoms with E-state index in [1.807, 2.05) is 35.2 Å². The summed E-state index contributed by atoms with van der Waals surface area (Å²) in [6.07, 6.45) is 2.99. The number of hydrogen-bond donors (Lipinski definition) is 3. The van der Waals surface area contributed by atoms with Gasteiger partial charge in [0.25, 0.3) is 5.91 Å². The first-order chi connectivity index (χ1) is 19.9. The van der Waals surface area contributed by atoms with Crippen LogP contribution in [0.1, 0.15) is 49.0 Å². The SMILES string of the molecule is COCCCOc1cc(C(=O)N(C[C@@H]2CNC[C@H]2C(NC(=O)NCc2ccccc2)C2CC2)C(C)C)ccc1OC. The molecule has 9 nitrogen and oxygen atoms in total. The van der Waals surface area contributed by atoms with Gasteiger partial charge >= 0.3 is 6.03 Å². The minimum absolute atomic E-state index is 0.0124. The van der Waals surface area contributed by atoms with Crippen molar-refractivity contribution in [1.29, 1.82) is 0 Å². The molecule has 1 aliphatic heterocycles. The number of benzene rings is 2. The molecule has 3 atom stereocenters. The smallest absolute Gasteiger partial charge is 0.315 e. The molecular weight excluding hydrogens is 520 g/mol. The molecule has 1 saturated carbocycles. The van der Waals surface area contributed by atoms with Gasteiger partial charge in [-0.25, -0.2) is 4.79 Å². The van der Waals surface area contributed by atoms with Crippen LogP contribution in [0.5, 0.6) is 11.5 Å². The molecule has 0 radical (unpaired) electrons. The Hall–Kier alpha value is -3.30. The first kappa shape index (κ1) is 30.7. The fraction of sp³-hybridized carbons (Fsp3) is 0.562. The van der Waals surface area contributed by atoms with Crippen LogP contribution in [0.3, 0.4) is 0 Å². The maximum atomic E-state index is 13.8. The second-order valence-corrected chi connectivity index (χ2v) is 11.4. The summed E-state index contributed by atoms with van der Waals surface area (Å²) < 4.78 is 16.5. The van der Waals surface area contributed by atoms with E-state index in [1.54, 1.807) is 32.4 Å². The van der Waals surface area contributed by atoms with Gasteiger partial charge in [-0.2, -0.15) is 0 Å². The molecule has 0 aromatic heterocycles. The topological polar surface area (TPSA) is 101 Å². The molecule has 41 heavy (non-hydrogen) atoms. The third-order valence-electron chi connectivity index (χ3n) is 8.05. The maximum absolute atomic E-state index is 13.8. The van der Waals surface area contributed by atoms with Crippen LogP contribution in [0.15, 0.2) is 48.5 Å². The minimum Gasteiger partial charge on any atom is -0.493 e. The van der Waals surface area contributed by atoms with E-state index in [0.717, 1.165) is 37.9 Å². The number of urea groups is 1. The molecule has 4 rings (SSSR count). The number of rotatable bonds is 15. The Bertz CT molecular complexity index is 1120. The van der Waals surface area contributed by atoms with Crippen LogP contribution >= 0.6 is 0 Å². The van der Waals surface area contributed by atoms with Gasteiger partial charge in [0.15, 0.2) is 11.5 Å². The van der Waals surface area contributed by atoms with Gasteiger partial charge in [-0.15, -0.1) is 0 Å². The summed E-state index contributed by atoms with van der Waals surface area (Å²) in [5.41, 5.74) is 1.64. The molecule has 2 aromatic rings. The van der Waals surface area contributed by atoms with Gasteiger partial charge in [0.2, 0.25) is 0 Å². The molecule has 1 unspecified atom stereocenters. The Kier molecular flexibility index (Phi) is 11.3. The van der Waals surface area contributed by atoms with E-state index in [1.165, 1.54) is 0 Å². The average molecular weight is 567 g/mol. The quantitative estimate of drug-likeness (QED) is 0.281. The third kappa shape index (κ3) is 8.60. The van der Waals surface area contributed by atoms with E-state index >= 15 is 0 Å². The van der Waals surface area contributed by atoms with Crippen LogP contribution in [-0.4, -0.2) is 76.0 Å². The highest BCUT2D eigenvalue weighted by molar-refractivity contribution is 5.95. The van der Waals surface area contributed by atoms with Crippen molar-refractivity contribution in [2.24, 2.45) is 17.8 Å². The predicted molar refractivity (Wildman–Crippen MR) is 159 cm³/mol. The van der Waals surface area contributed by atoms with Crippen molar-refractivity contribution >= 4 is 11.9 Å². The van der Waals surface area contributed by atoms with Gasteiger partial charge in [-0.05, 0) is 68.2 Å². The van der Waals surface area contributed by atoms with Crippen LogP contribution in [0.4, 0.5) is 4.79 Å². The summed E-state index contributed by atoms with van der Waals surface area (Å²) in [6.45, 7) is 7.92. The third-order valence-corrected chi connectivity index (χ3v) is 8.05. The lowest BCUT2D eigenvalue weighted by atomic mass is 9.85. The normalized spacial score (nSPS) is 19.0. The Morgan fingerprint density at radius 3 is 2.49 bits per heavy atom. The van der Waals surface area contributed by atoms with Crippen molar-refractivity contribution in [3.8, 4) is 11.5 Å². The highest BCUT2D eigenvalue weighted by Gasteiger charge is 2.43. The average Bonchev–Trinajstić information content (AvgIpc) is 3.73. The molecule has 3 N–H and O–H groups in total. The lowest BCUT2D eigenvalue weighted by Crippen LogP contribution is -2.50. The molecule has 1 heterocycles. The highest BCUT2D eigenvalue weighted by atomic mass is 16.5. The number of amides is 3. The van der Waals surface area contributed by atoms with Crippen molar-refractivity contribution in [2.75, 3.05) is 47.1 Å². The van der Waals surface area contributed by atoms with E-state index in [0.29, 0.717) is 49.3 Å². The fourth-order valence-corrected chi connectivity index (χ4v) is 5.64. The predicted octanol–water partition coefficient (Wildman–Crippen LogP) is 4.07. The summed E-state index contributed by atoms with van der Waals surface area (Å²) in [5.74, 6) is 2.06. The van der Waals surface area contributed by atoms with Gasteiger partial charge in [0.05, 0.1) is 13.7 Å². The Morgan fingerprint density at radius 2 is 1.80 bits per heavy atom.